The molecule has 1 saturated heterocycles. The van der Waals surface area contributed by atoms with Crippen molar-refractivity contribution < 1.29 is 14.3 Å². The molecule has 0 aromatic heterocycles. The van der Waals surface area contributed by atoms with Crippen LogP contribution in [0.3, 0.4) is 0 Å². The van der Waals surface area contributed by atoms with Crippen LogP contribution in [0.5, 0.6) is 0 Å². The van der Waals surface area contributed by atoms with Crippen molar-refractivity contribution in [2.45, 2.75) is 63.5 Å². The first kappa shape index (κ1) is 18.9. The van der Waals surface area contributed by atoms with E-state index in [1.807, 2.05) is 30.3 Å². The van der Waals surface area contributed by atoms with Gasteiger partial charge >= 0.3 is 0 Å². The third kappa shape index (κ3) is 5.07. The summed E-state index contributed by atoms with van der Waals surface area (Å²) in [5, 5.41) is 3.00. The summed E-state index contributed by atoms with van der Waals surface area (Å²) in [6.07, 6.45) is 8.81. The Balaban J connectivity index is 1.45. The lowest BCUT2D eigenvalue weighted by molar-refractivity contribution is -0.126. The normalized spacial score (nSPS) is 20.9. The highest BCUT2D eigenvalue weighted by Gasteiger charge is 2.32. The van der Waals surface area contributed by atoms with Gasteiger partial charge < -0.3 is 15.0 Å². The fraction of sp³-hybridized carbons (Fsp3) is 0.619. The summed E-state index contributed by atoms with van der Waals surface area (Å²) in [5.41, 5.74) is 0.650. The topological polar surface area (TPSA) is 58.6 Å². The Labute approximate surface area is 156 Å². The standard InChI is InChI=1S/C21H30N2O3/c24-20(22-14-8-16-26-18-11-4-5-12-18)19-13-6-7-15-23(19)21(25)17-9-2-1-3-10-17/h1-3,9-10,18-19H,4-8,11-16H2,(H,22,24)/t19-/m0/s1. The summed E-state index contributed by atoms with van der Waals surface area (Å²) in [5.74, 6) is -0.0788. The molecule has 0 radical (unpaired) electrons. The van der Waals surface area contributed by atoms with Gasteiger partial charge in [-0.1, -0.05) is 31.0 Å². The van der Waals surface area contributed by atoms with E-state index >= 15 is 0 Å². The molecule has 2 aliphatic rings. The maximum atomic E-state index is 12.8. The molecular formula is C21H30N2O3. The smallest absolute Gasteiger partial charge is 0.254 e. The molecule has 1 aliphatic carbocycles. The van der Waals surface area contributed by atoms with Crippen LogP contribution in [0.25, 0.3) is 0 Å². The van der Waals surface area contributed by atoms with Crippen molar-refractivity contribution in [3.63, 3.8) is 0 Å². The van der Waals surface area contributed by atoms with Gasteiger partial charge in [-0.25, -0.2) is 0 Å². The first-order valence-corrected chi connectivity index (χ1v) is 10.0. The second kappa shape index (κ2) is 9.72. The maximum absolute atomic E-state index is 12.8. The number of likely N-dealkylation sites (tertiary alicyclic amines) is 1. The van der Waals surface area contributed by atoms with E-state index in [0.717, 1.165) is 25.7 Å². The zero-order chi connectivity index (χ0) is 18.2. The highest BCUT2D eigenvalue weighted by atomic mass is 16.5. The van der Waals surface area contributed by atoms with Crippen LogP contribution in [-0.4, -0.2) is 48.6 Å². The Kier molecular flexibility index (Phi) is 7.06. The molecule has 142 valence electrons. The largest absolute Gasteiger partial charge is 0.378 e. The van der Waals surface area contributed by atoms with Crippen LogP contribution in [0.1, 0.15) is 61.7 Å². The third-order valence-electron chi connectivity index (χ3n) is 5.36. The number of amides is 2. The van der Waals surface area contributed by atoms with Gasteiger partial charge in [-0.05, 0) is 50.7 Å². The van der Waals surface area contributed by atoms with Gasteiger partial charge in [-0.3, -0.25) is 9.59 Å². The number of hydrogen-bond acceptors (Lipinski definition) is 3. The molecule has 5 nitrogen and oxygen atoms in total. The summed E-state index contributed by atoms with van der Waals surface area (Å²) in [4.78, 5) is 27.1. The Hall–Kier alpha value is -1.88. The van der Waals surface area contributed by atoms with E-state index in [1.54, 1.807) is 4.90 Å². The van der Waals surface area contributed by atoms with E-state index in [0.29, 0.717) is 31.4 Å². The van der Waals surface area contributed by atoms with Crippen molar-refractivity contribution in [2.24, 2.45) is 0 Å². The average molecular weight is 358 g/mol. The summed E-state index contributed by atoms with van der Waals surface area (Å²) in [6.45, 7) is 1.95. The number of ether oxygens (including phenoxy) is 1. The maximum Gasteiger partial charge on any atom is 0.254 e. The lowest BCUT2D eigenvalue weighted by Gasteiger charge is -2.34. The van der Waals surface area contributed by atoms with Gasteiger partial charge in [0.25, 0.3) is 5.91 Å². The molecule has 0 bridgehead atoms. The molecule has 2 fully saturated rings. The Morgan fingerprint density at radius 3 is 2.54 bits per heavy atom. The van der Waals surface area contributed by atoms with Crippen LogP contribution in [-0.2, 0) is 9.53 Å². The number of rotatable bonds is 7. The minimum Gasteiger partial charge on any atom is -0.378 e. The Morgan fingerprint density at radius 1 is 1.04 bits per heavy atom. The van der Waals surface area contributed by atoms with Crippen molar-refractivity contribution in [3.8, 4) is 0 Å². The van der Waals surface area contributed by atoms with E-state index in [4.69, 9.17) is 4.74 Å². The molecule has 1 saturated carbocycles. The van der Waals surface area contributed by atoms with Crippen molar-refractivity contribution >= 4 is 11.8 Å². The SMILES string of the molecule is O=C(NCCCOC1CCCC1)[C@@H]1CCCCN1C(=O)c1ccccc1. The number of nitrogens with zero attached hydrogens (tertiary/aromatic N) is 1. The summed E-state index contributed by atoms with van der Waals surface area (Å²) in [6, 6.07) is 8.88. The quantitative estimate of drug-likeness (QED) is 0.762. The summed E-state index contributed by atoms with van der Waals surface area (Å²) < 4.78 is 5.83. The van der Waals surface area contributed by atoms with E-state index in [2.05, 4.69) is 5.32 Å². The van der Waals surface area contributed by atoms with Crippen LogP contribution >= 0.6 is 0 Å². The number of carbonyl (C=O) groups excluding carboxylic acids is 2. The molecule has 26 heavy (non-hydrogen) atoms. The van der Waals surface area contributed by atoms with Gasteiger partial charge in [0.05, 0.1) is 6.10 Å². The number of carbonyl (C=O) groups is 2. The zero-order valence-corrected chi connectivity index (χ0v) is 15.5. The fourth-order valence-electron chi connectivity index (χ4n) is 3.90. The molecule has 1 N–H and O–H groups in total. The van der Waals surface area contributed by atoms with Crippen LogP contribution in [0.4, 0.5) is 0 Å². The lowest BCUT2D eigenvalue weighted by atomic mass is 10.00. The molecule has 1 aromatic carbocycles. The monoisotopic (exact) mass is 358 g/mol. The highest BCUT2D eigenvalue weighted by Crippen LogP contribution is 2.21. The Morgan fingerprint density at radius 2 is 1.77 bits per heavy atom. The van der Waals surface area contributed by atoms with Gasteiger partial charge in [0.2, 0.25) is 5.91 Å². The second-order valence-corrected chi connectivity index (χ2v) is 7.30. The minimum atomic E-state index is -0.354. The number of hydrogen-bond donors (Lipinski definition) is 1. The molecular weight excluding hydrogens is 328 g/mol. The van der Waals surface area contributed by atoms with Gasteiger partial charge in [0.1, 0.15) is 6.04 Å². The van der Waals surface area contributed by atoms with Crippen molar-refractivity contribution in [2.75, 3.05) is 19.7 Å². The summed E-state index contributed by atoms with van der Waals surface area (Å²) >= 11 is 0. The van der Waals surface area contributed by atoms with Crippen LogP contribution in [0.15, 0.2) is 30.3 Å². The molecule has 1 aliphatic heterocycles. The first-order chi connectivity index (χ1) is 12.8. The van der Waals surface area contributed by atoms with Crippen LogP contribution < -0.4 is 5.32 Å². The van der Waals surface area contributed by atoms with Crippen LogP contribution in [0.2, 0.25) is 0 Å². The molecule has 3 rings (SSSR count). The van der Waals surface area contributed by atoms with E-state index in [1.165, 1.54) is 25.7 Å². The zero-order valence-electron chi connectivity index (χ0n) is 15.5. The van der Waals surface area contributed by atoms with Crippen molar-refractivity contribution in [1.29, 1.82) is 0 Å². The summed E-state index contributed by atoms with van der Waals surface area (Å²) in [7, 11) is 0. The molecule has 0 spiro atoms. The van der Waals surface area contributed by atoms with Gasteiger partial charge in [0, 0.05) is 25.3 Å². The molecule has 5 heteroatoms. The van der Waals surface area contributed by atoms with E-state index < -0.39 is 0 Å². The first-order valence-electron chi connectivity index (χ1n) is 10.0. The molecule has 0 unspecified atom stereocenters. The van der Waals surface area contributed by atoms with Crippen molar-refractivity contribution in [1.82, 2.24) is 10.2 Å². The highest BCUT2D eigenvalue weighted by molar-refractivity contribution is 5.97. The van der Waals surface area contributed by atoms with Gasteiger partial charge in [-0.15, -0.1) is 0 Å². The number of nitrogens with one attached hydrogen (secondary N) is 1. The molecule has 2 amide bonds. The predicted molar refractivity (Wildman–Crippen MR) is 101 cm³/mol. The molecule has 1 heterocycles. The minimum absolute atomic E-state index is 0.0325. The van der Waals surface area contributed by atoms with Crippen molar-refractivity contribution in [3.05, 3.63) is 35.9 Å². The molecule has 1 atom stereocenters. The lowest BCUT2D eigenvalue weighted by Crippen LogP contribution is -2.52. The second-order valence-electron chi connectivity index (χ2n) is 7.30. The fourth-order valence-corrected chi connectivity index (χ4v) is 3.90. The predicted octanol–water partition coefficient (Wildman–Crippen LogP) is 3.15. The van der Waals surface area contributed by atoms with E-state index in [9.17, 15) is 9.59 Å². The third-order valence-corrected chi connectivity index (χ3v) is 5.36. The van der Waals surface area contributed by atoms with E-state index in [-0.39, 0.29) is 17.9 Å². The molecule has 1 aromatic rings. The number of piperidine rings is 1. The Bertz CT molecular complexity index is 584. The number of benzene rings is 1. The van der Waals surface area contributed by atoms with Gasteiger partial charge in [-0.2, -0.15) is 0 Å². The van der Waals surface area contributed by atoms with Crippen LogP contribution in [0, 0.1) is 0 Å². The average Bonchev–Trinajstić information content (AvgIpc) is 3.21. The van der Waals surface area contributed by atoms with Gasteiger partial charge in [0.15, 0.2) is 0 Å².